The molecule has 0 unspecified atom stereocenters. The van der Waals surface area contributed by atoms with E-state index in [-0.39, 0.29) is 24.0 Å². The van der Waals surface area contributed by atoms with E-state index in [0.29, 0.717) is 29.9 Å². The van der Waals surface area contributed by atoms with Gasteiger partial charge in [-0.25, -0.2) is 4.99 Å². The van der Waals surface area contributed by atoms with Crippen LogP contribution in [0.1, 0.15) is 31.7 Å². The van der Waals surface area contributed by atoms with Crippen molar-refractivity contribution in [1.82, 2.24) is 10.2 Å². The molecule has 9 heteroatoms. The highest BCUT2D eigenvalue weighted by atomic mass is 127. The van der Waals surface area contributed by atoms with E-state index in [0.717, 1.165) is 63.6 Å². The zero-order valence-corrected chi connectivity index (χ0v) is 21.8. The van der Waals surface area contributed by atoms with E-state index in [2.05, 4.69) is 17.1 Å². The summed E-state index contributed by atoms with van der Waals surface area (Å²) in [6.07, 6.45) is 3.23. The van der Waals surface area contributed by atoms with E-state index in [1.54, 1.807) is 28.4 Å². The molecule has 0 radical (unpaired) electrons. The number of piperidine rings is 1. The molecule has 0 amide bonds. The molecule has 1 aliphatic rings. The molecule has 2 rings (SSSR count). The van der Waals surface area contributed by atoms with Crippen LogP contribution in [0.25, 0.3) is 0 Å². The summed E-state index contributed by atoms with van der Waals surface area (Å²) < 4.78 is 27.5. The molecule has 0 aromatic heterocycles. The SMILES string of the molecule is CCNC(=NCc1c(OC)cc(OC)cc1OC)N1CCC(OCCCOC)CC1.I. The van der Waals surface area contributed by atoms with Gasteiger partial charge in [0.1, 0.15) is 17.2 Å². The van der Waals surface area contributed by atoms with Crippen molar-refractivity contribution in [1.29, 1.82) is 0 Å². The summed E-state index contributed by atoms with van der Waals surface area (Å²) in [6.45, 7) is 6.67. The molecular weight excluding hydrogens is 513 g/mol. The number of benzene rings is 1. The first-order valence-electron chi connectivity index (χ1n) is 10.6. The van der Waals surface area contributed by atoms with Gasteiger partial charge >= 0.3 is 0 Å². The number of aliphatic imine (C=N–C) groups is 1. The molecule has 1 N–H and O–H groups in total. The van der Waals surface area contributed by atoms with Crippen LogP contribution in [0, 0.1) is 0 Å². The average Bonchev–Trinajstić information content (AvgIpc) is 2.79. The third-order valence-electron chi connectivity index (χ3n) is 5.13. The van der Waals surface area contributed by atoms with E-state index in [1.807, 2.05) is 12.1 Å². The van der Waals surface area contributed by atoms with Crippen LogP contribution < -0.4 is 19.5 Å². The molecule has 31 heavy (non-hydrogen) atoms. The lowest BCUT2D eigenvalue weighted by molar-refractivity contribution is 0.00990. The summed E-state index contributed by atoms with van der Waals surface area (Å²) in [5, 5.41) is 3.41. The molecule has 8 nitrogen and oxygen atoms in total. The van der Waals surface area contributed by atoms with Gasteiger partial charge in [-0.15, -0.1) is 24.0 Å². The van der Waals surface area contributed by atoms with Crippen LogP contribution in [0.5, 0.6) is 17.2 Å². The van der Waals surface area contributed by atoms with Crippen LogP contribution in [-0.4, -0.2) is 78.3 Å². The zero-order valence-electron chi connectivity index (χ0n) is 19.4. The Balaban J connectivity index is 0.00000480. The monoisotopic (exact) mass is 551 g/mol. The van der Waals surface area contributed by atoms with Crippen molar-refractivity contribution in [3.63, 3.8) is 0 Å². The second-order valence-electron chi connectivity index (χ2n) is 7.08. The third kappa shape index (κ3) is 8.53. The van der Waals surface area contributed by atoms with Gasteiger partial charge in [-0.05, 0) is 26.2 Å². The Bertz CT molecular complexity index is 642. The zero-order chi connectivity index (χ0) is 21.8. The van der Waals surface area contributed by atoms with Crippen LogP contribution in [0.15, 0.2) is 17.1 Å². The van der Waals surface area contributed by atoms with E-state index >= 15 is 0 Å². The van der Waals surface area contributed by atoms with Gasteiger partial charge in [0.25, 0.3) is 0 Å². The standard InChI is InChI=1S/C22H37N3O5.HI/c1-6-23-22(25-10-8-17(9-11-25)30-13-7-12-26-2)24-16-19-20(28-4)14-18(27-3)15-21(19)29-5;/h14-15,17H,6-13,16H2,1-5H3,(H,23,24);1H. The molecule has 0 bridgehead atoms. The number of methoxy groups -OCH3 is 4. The van der Waals surface area contributed by atoms with Crippen LogP contribution in [-0.2, 0) is 16.0 Å². The Hall–Kier alpha value is -1.46. The van der Waals surface area contributed by atoms with Gasteiger partial charge in [0, 0.05) is 52.1 Å². The maximum absolute atomic E-state index is 5.97. The molecule has 0 atom stereocenters. The number of hydrogen-bond acceptors (Lipinski definition) is 6. The predicted molar refractivity (Wildman–Crippen MR) is 133 cm³/mol. The number of likely N-dealkylation sites (tertiary alicyclic amines) is 1. The van der Waals surface area contributed by atoms with Crippen LogP contribution >= 0.6 is 24.0 Å². The van der Waals surface area contributed by atoms with Gasteiger partial charge in [-0.2, -0.15) is 0 Å². The van der Waals surface area contributed by atoms with Crippen molar-refractivity contribution in [3.05, 3.63) is 17.7 Å². The van der Waals surface area contributed by atoms with Gasteiger partial charge in [0.05, 0.1) is 39.5 Å². The first-order chi connectivity index (χ1) is 14.7. The molecule has 1 fully saturated rings. The quantitative estimate of drug-likeness (QED) is 0.196. The van der Waals surface area contributed by atoms with Crippen molar-refractivity contribution in [2.45, 2.75) is 38.8 Å². The van der Waals surface area contributed by atoms with E-state index in [9.17, 15) is 0 Å². The van der Waals surface area contributed by atoms with Crippen molar-refractivity contribution in [3.8, 4) is 17.2 Å². The number of hydrogen-bond donors (Lipinski definition) is 1. The van der Waals surface area contributed by atoms with Gasteiger partial charge in [0.15, 0.2) is 5.96 Å². The second-order valence-corrected chi connectivity index (χ2v) is 7.08. The highest BCUT2D eigenvalue weighted by Crippen LogP contribution is 2.34. The summed E-state index contributed by atoms with van der Waals surface area (Å²) in [5.74, 6) is 2.99. The lowest BCUT2D eigenvalue weighted by Crippen LogP contribution is -2.47. The minimum Gasteiger partial charge on any atom is -0.496 e. The maximum atomic E-state index is 5.97. The van der Waals surface area contributed by atoms with Crippen LogP contribution in [0.4, 0.5) is 0 Å². The highest BCUT2D eigenvalue weighted by molar-refractivity contribution is 14.0. The third-order valence-corrected chi connectivity index (χ3v) is 5.13. The summed E-state index contributed by atoms with van der Waals surface area (Å²) in [4.78, 5) is 7.16. The number of guanidine groups is 1. The predicted octanol–water partition coefficient (Wildman–Crippen LogP) is 3.31. The molecule has 1 aromatic carbocycles. The number of rotatable bonds is 11. The minimum atomic E-state index is 0. The number of nitrogens with zero attached hydrogens (tertiary/aromatic N) is 2. The minimum absolute atomic E-state index is 0. The van der Waals surface area contributed by atoms with Crippen molar-refractivity contribution in [2.75, 3.05) is 61.3 Å². The van der Waals surface area contributed by atoms with Crippen molar-refractivity contribution < 1.29 is 23.7 Å². The van der Waals surface area contributed by atoms with Gasteiger partial charge in [-0.3, -0.25) is 0 Å². The number of ether oxygens (including phenoxy) is 5. The molecule has 1 aromatic rings. The normalized spacial score (nSPS) is 14.7. The van der Waals surface area contributed by atoms with Crippen molar-refractivity contribution >= 4 is 29.9 Å². The Kier molecular flexibility index (Phi) is 13.7. The van der Waals surface area contributed by atoms with E-state index < -0.39 is 0 Å². The largest absolute Gasteiger partial charge is 0.496 e. The topological polar surface area (TPSA) is 73.8 Å². The van der Waals surface area contributed by atoms with Crippen LogP contribution in [0.3, 0.4) is 0 Å². The molecule has 1 saturated heterocycles. The number of halogens is 1. The first kappa shape index (κ1) is 27.6. The molecule has 0 saturated carbocycles. The van der Waals surface area contributed by atoms with Gasteiger partial charge < -0.3 is 33.9 Å². The fraction of sp³-hybridized carbons (Fsp3) is 0.682. The Labute approximate surface area is 203 Å². The molecule has 1 heterocycles. The molecule has 1 aliphatic heterocycles. The lowest BCUT2D eigenvalue weighted by atomic mass is 10.1. The van der Waals surface area contributed by atoms with E-state index in [4.69, 9.17) is 28.7 Å². The average molecular weight is 551 g/mol. The Morgan fingerprint density at radius 3 is 2.19 bits per heavy atom. The summed E-state index contributed by atoms with van der Waals surface area (Å²) >= 11 is 0. The van der Waals surface area contributed by atoms with Crippen LogP contribution in [0.2, 0.25) is 0 Å². The number of nitrogens with one attached hydrogen (secondary N) is 1. The van der Waals surface area contributed by atoms with Gasteiger partial charge in [0.2, 0.25) is 0 Å². The molecule has 0 aliphatic carbocycles. The highest BCUT2D eigenvalue weighted by Gasteiger charge is 2.22. The lowest BCUT2D eigenvalue weighted by Gasteiger charge is -2.34. The van der Waals surface area contributed by atoms with E-state index in [1.165, 1.54) is 0 Å². The summed E-state index contributed by atoms with van der Waals surface area (Å²) in [7, 11) is 6.63. The fourth-order valence-electron chi connectivity index (χ4n) is 3.50. The Morgan fingerprint density at radius 2 is 1.68 bits per heavy atom. The smallest absolute Gasteiger partial charge is 0.194 e. The van der Waals surface area contributed by atoms with Crippen molar-refractivity contribution in [2.24, 2.45) is 4.99 Å². The Morgan fingerprint density at radius 1 is 1.03 bits per heavy atom. The maximum Gasteiger partial charge on any atom is 0.194 e. The first-order valence-corrected chi connectivity index (χ1v) is 10.6. The second kappa shape index (κ2) is 15.4. The molecule has 0 spiro atoms. The van der Waals surface area contributed by atoms with Gasteiger partial charge in [-0.1, -0.05) is 0 Å². The summed E-state index contributed by atoms with van der Waals surface area (Å²) in [6, 6.07) is 3.71. The fourth-order valence-corrected chi connectivity index (χ4v) is 3.50. The molecule has 178 valence electrons. The molecular formula is C22H38IN3O5. The summed E-state index contributed by atoms with van der Waals surface area (Å²) in [5.41, 5.74) is 0.896.